The van der Waals surface area contributed by atoms with E-state index < -0.39 is 6.10 Å². The molecule has 0 aromatic carbocycles. The minimum atomic E-state index is -0.413. The van der Waals surface area contributed by atoms with E-state index in [1.165, 1.54) is 0 Å². The number of aromatic nitrogens is 2. The second kappa shape index (κ2) is 6.83. The standard InChI is InChI=1S/C14H23N3O3/c1-9(2)14-17-16-13(20-14)8-7-12(19)15-10-5-3-4-6-11(10)18/h9-11,18H,3-8H2,1-2H3,(H,15,19). The normalized spacial score (nSPS) is 23.0. The fraction of sp³-hybridized carbons (Fsp3) is 0.786. The third-order valence-electron chi connectivity index (χ3n) is 3.62. The van der Waals surface area contributed by atoms with Crippen LogP contribution in [0.5, 0.6) is 0 Å². The minimum Gasteiger partial charge on any atom is -0.425 e. The van der Waals surface area contributed by atoms with Crippen LogP contribution in [0.1, 0.15) is 63.7 Å². The molecule has 0 saturated heterocycles. The lowest BCUT2D eigenvalue weighted by Crippen LogP contribution is -2.45. The second-order valence-corrected chi connectivity index (χ2v) is 5.71. The second-order valence-electron chi connectivity index (χ2n) is 5.71. The van der Waals surface area contributed by atoms with E-state index in [2.05, 4.69) is 15.5 Å². The zero-order chi connectivity index (χ0) is 14.5. The van der Waals surface area contributed by atoms with Crippen LogP contribution in [0.25, 0.3) is 0 Å². The summed E-state index contributed by atoms with van der Waals surface area (Å²) in [5.41, 5.74) is 0. The first-order valence-corrected chi connectivity index (χ1v) is 7.36. The van der Waals surface area contributed by atoms with Crippen molar-refractivity contribution in [3.05, 3.63) is 11.8 Å². The molecule has 0 bridgehead atoms. The first kappa shape index (κ1) is 15.0. The number of hydrogen-bond donors (Lipinski definition) is 2. The molecule has 6 heteroatoms. The van der Waals surface area contributed by atoms with Gasteiger partial charge in [0.05, 0.1) is 12.1 Å². The molecule has 2 rings (SSSR count). The van der Waals surface area contributed by atoms with E-state index >= 15 is 0 Å². The van der Waals surface area contributed by atoms with Crippen molar-refractivity contribution in [2.75, 3.05) is 0 Å². The Balaban J connectivity index is 1.76. The summed E-state index contributed by atoms with van der Waals surface area (Å²) in [6.07, 6.45) is 4.05. The lowest BCUT2D eigenvalue weighted by molar-refractivity contribution is -0.123. The Morgan fingerprint density at radius 1 is 1.40 bits per heavy atom. The summed E-state index contributed by atoms with van der Waals surface area (Å²) in [6.45, 7) is 3.96. The third kappa shape index (κ3) is 4.03. The van der Waals surface area contributed by atoms with Gasteiger partial charge in [0.25, 0.3) is 0 Å². The van der Waals surface area contributed by atoms with Gasteiger partial charge in [-0.3, -0.25) is 4.79 Å². The highest BCUT2D eigenvalue weighted by Gasteiger charge is 2.24. The van der Waals surface area contributed by atoms with Gasteiger partial charge in [-0.2, -0.15) is 0 Å². The van der Waals surface area contributed by atoms with Gasteiger partial charge in [-0.25, -0.2) is 0 Å². The van der Waals surface area contributed by atoms with E-state index in [1.807, 2.05) is 13.8 Å². The number of rotatable bonds is 5. The zero-order valence-electron chi connectivity index (χ0n) is 12.1. The Kier molecular flexibility index (Phi) is 5.11. The Hall–Kier alpha value is -1.43. The van der Waals surface area contributed by atoms with E-state index in [9.17, 15) is 9.90 Å². The number of carbonyl (C=O) groups excluding carboxylic acids is 1. The van der Waals surface area contributed by atoms with Crippen LogP contribution in [-0.4, -0.2) is 33.4 Å². The average molecular weight is 281 g/mol. The summed E-state index contributed by atoms with van der Waals surface area (Å²) in [6, 6.07) is -0.106. The first-order chi connectivity index (χ1) is 9.56. The smallest absolute Gasteiger partial charge is 0.220 e. The fourth-order valence-electron chi connectivity index (χ4n) is 2.38. The Morgan fingerprint density at radius 2 is 2.15 bits per heavy atom. The van der Waals surface area contributed by atoms with Gasteiger partial charge in [-0.05, 0) is 12.8 Å². The summed E-state index contributed by atoms with van der Waals surface area (Å²) in [5, 5.41) is 20.6. The predicted octanol–water partition coefficient (Wildman–Crippen LogP) is 1.55. The Morgan fingerprint density at radius 3 is 2.80 bits per heavy atom. The molecule has 1 heterocycles. The molecular formula is C14H23N3O3. The Labute approximate surface area is 119 Å². The van der Waals surface area contributed by atoms with Crippen molar-refractivity contribution in [3.8, 4) is 0 Å². The van der Waals surface area contributed by atoms with Gasteiger partial charge in [-0.15, -0.1) is 10.2 Å². The predicted molar refractivity (Wildman–Crippen MR) is 73.1 cm³/mol. The summed E-state index contributed by atoms with van der Waals surface area (Å²) in [4.78, 5) is 11.9. The molecule has 1 saturated carbocycles. The SMILES string of the molecule is CC(C)c1nnc(CCC(=O)NC2CCCCC2O)o1. The number of aliphatic hydroxyl groups excluding tert-OH is 1. The van der Waals surface area contributed by atoms with Gasteiger partial charge >= 0.3 is 0 Å². The van der Waals surface area contributed by atoms with Crippen molar-refractivity contribution in [3.63, 3.8) is 0 Å². The molecule has 6 nitrogen and oxygen atoms in total. The maximum Gasteiger partial charge on any atom is 0.220 e. The monoisotopic (exact) mass is 281 g/mol. The molecule has 1 fully saturated rings. The molecule has 2 unspecified atom stereocenters. The van der Waals surface area contributed by atoms with E-state index in [4.69, 9.17) is 4.42 Å². The molecule has 0 spiro atoms. The van der Waals surface area contributed by atoms with Crippen LogP contribution in [0.15, 0.2) is 4.42 Å². The van der Waals surface area contributed by atoms with Crippen molar-refractivity contribution in [2.24, 2.45) is 0 Å². The van der Waals surface area contributed by atoms with E-state index in [0.29, 0.717) is 24.6 Å². The molecule has 112 valence electrons. The highest BCUT2D eigenvalue weighted by molar-refractivity contribution is 5.76. The molecule has 1 aromatic rings. The van der Waals surface area contributed by atoms with Gasteiger partial charge < -0.3 is 14.8 Å². The zero-order valence-corrected chi connectivity index (χ0v) is 12.1. The van der Waals surface area contributed by atoms with Crippen molar-refractivity contribution >= 4 is 5.91 Å². The molecule has 2 atom stereocenters. The number of aliphatic hydroxyl groups is 1. The van der Waals surface area contributed by atoms with Crippen LogP contribution in [0, 0.1) is 0 Å². The highest BCUT2D eigenvalue weighted by Crippen LogP contribution is 2.18. The number of amides is 1. The van der Waals surface area contributed by atoms with E-state index in [0.717, 1.165) is 25.7 Å². The Bertz CT molecular complexity index is 445. The molecule has 0 aliphatic heterocycles. The van der Waals surface area contributed by atoms with Gasteiger partial charge in [0, 0.05) is 18.8 Å². The van der Waals surface area contributed by atoms with Crippen LogP contribution >= 0.6 is 0 Å². The molecule has 20 heavy (non-hydrogen) atoms. The molecule has 1 aromatic heterocycles. The van der Waals surface area contributed by atoms with Gasteiger partial charge in [0.2, 0.25) is 17.7 Å². The van der Waals surface area contributed by atoms with Crippen LogP contribution in [-0.2, 0) is 11.2 Å². The molecule has 0 radical (unpaired) electrons. The van der Waals surface area contributed by atoms with Crippen molar-refractivity contribution < 1.29 is 14.3 Å². The van der Waals surface area contributed by atoms with Crippen LogP contribution in [0.4, 0.5) is 0 Å². The third-order valence-corrected chi connectivity index (χ3v) is 3.62. The number of aryl methyl sites for hydroxylation is 1. The number of hydrogen-bond acceptors (Lipinski definition) is 5. The van der Waals surface area contributed by atoms with Gasteiger partial charge in [0.1, 0.15) is 0 Å². The number of carbonyl (C=O) groups is 1. The van der Waals surface area contributed by atoms with E-state index in [1.54, 1.807) is 0 Å². The fourth-order valence-corrected chi connectivity index (χ4v) is 2.38. The van der Waals surface area contributed by atoms with Crippen LogP contribution in [0.2, 0.25) is 0 Å². The topological polar surface area (TPSA) is 88.2 Å². The highest BCUT2D eigenvalue weighted by atomic mass is 16.4. The van der Waals surface area contributed by atoms with E-state index in [-0.39, 0.29) is 17.9 Å². The summed E-state index contributed by atoms with van der Waals surface area (Å²) in [7, 11) is 0. The van der Waals surface area contributed by atoms with Crippen molar-refractivity contribution in [2.45, 2.75) is 70.4 Å². The van der Waals surface area contributed by atoms with Gasteiger partial charge in [0.15, 0.2) is 0 Å². The van der Waals surface area contributed by atoms with Crippen LogP contribution in [0.3, 0.4) is 0 Å². The first-order valence-electron chi connectivity index (χ1n) is 7.36. The average Bonchev–Trinajstić information content (AvgIpc) is 2.88. The largest absolute Gasteiger partial charge is 0.425 e. The maximum atomic E-state index is 11.9. The maximum absolute atomic E-state index is 11.9. The summed E-state index contributed by atoms with van der Waals surface area (Å²) in [5.74, 6) is 1.22. The molecule has 1 amide bonds. The molecule has 1 aliphatic rings. The van der Waals surface area contributed by atoms with Crippen molar-refractivity contribution in [1.29, 1.82) is 0 Å². The summed E-state index contributed by atoms with van der Waals surface area (Å²) < 4.78 is 5.45. The van der Waals surface area contributed by atoms with Gasteiger partial charge in [-0.1, -0.05) is 26.7 Å². The quantitative estimate of drug-likeness (QED) is 0.854. The minimum absolute atomic E-state index is 0.0692. The molecular weight excluding hydrogens is 258 g/mol. The summed E-state index contributed by atoms with van der Waals surface area (Å²) >= 11 is 0. The molecule has 2 N–H and O–H groups in total. The lowest BCUT2D eigenvalue weighted by Gasteiger charge is -2.28. The molecule has 1 aliphatic carbocycles. The lowest BCUT2D eigenvalue weighted by atomic mass is 9.92. The number of nitrogens with one attached hydrogen (secondary N) is 1. The number of nitrogens with zero attached hydrogens (tertiary/aromatic N) is 2. The van der Waals surface area contributed by atoms with Crippen molar-refractivity contribution in [1.82, 2.24) is 15.5 Å². The van der Waals surface area contributed by atoms with Crippen LogP contribution < -0.4 is 5.32 Å².